The Hall–Kier alpha value is -2.63. The molecule has 2 aromatic carbocycles. The van der Waals surface area contributed by atoms with E-state index in [0.717, 1.165) is 28.6 Å². The maximum atomic E-state index is 12.5. The minimum absolute atomic E-state index is 0.245. The van der Waals surface area contributed by atoms with Crippen molar-refractivity contribution in [3.05, 3.63) is 59.8 Å². The number of anilines is 1. The second kappa shape index (κ2) is 5.29. The SMILES string of the molecule is Nc1ccc2[nH]cc(COc3ccc(C(F)(F)F)cc3)c2c1. The fourth-order valence-corrected chi connectivity index (χ4v) is 2.22. The van der Waals surface area contributed by atoms with E-state index in [1.807, 2.05) is 12.1 Å². The molecule has 3 N–H and O–H groups in total. The van der Waals surface area contributed by atoms with E-state index in [4.69, 9.17) is 10.5 Å². The number of hydrogen-bond donors (Lipinski definition) is 2. The molecule has 1 heterocycles. The molecule has 0 unspecified atom stereocenters. The number of H-pyrrole nitrogens is 1. The van der Waals surface area contributed by atoms with Gasteiger partial charge in [0.05, 0.1) is 5.56 Å². The second-order valence-corrected chi connectivity index (χ2v) is 4.93. The van der Waals surface area contributed by atoms with Gasteiger partial charge in [-0.3, -0.25) is 0 Å². The fourth-order valence-electron chi connectivity index (χ4n) is 2.22. The molecule has 0 saturated heterocycles. The van der Waals surface area contributed by atoms with Crippen molar-refractivity contribution in [1.29, 1.82) is 0 Å². The molecule has 3 rings (SSSR count). The smallest absolute Gasteiger partial charge is 0.416 e. The van der Waals surface area contributed by atoms with Crippen LogP contribution in [0.2, 0.25) is 0 Å². The van der Waals surface area contributed by atoms with Crippen molar-refractivity contribution >= 4 is 16.6 Å². The first-order valence-electron chi connectivity index (χ1n) is 6.59. The van der Waals surface area contributed by atoms with E-state index in [1.54, 1.807) is 12.3 Å². The Kier molecular flexibility index (Phi) is 3.44. The Balaban J connectivity index is 1.75. The molecule has 0 aliphatic carbocycles. The number of alkyl halides is 3. The number of nitrogens with one attached hydrogen (secondary N) is 1. The van der Waals surface area contributed by atoms with Gasteiger partial charge in [-0.15, -0.1) is 0 Å². The summed E-state index contributed by atoms with van der Waals surface area (Å²) in [5, 5.41) is 0.937. The van der Waals surface area contributed by atoms with Crippen molar-refractivity contribution in [2.24, 2.45) is 0 Å². The zero-order valence-electron chi connectivity index (χ0n) is 11.4. The molecule has 1 aromatic heterocycles. The van der Waals surface area contributed by atoms with Gasteiger partial charge in [0.15, 0.2) is 0 Å². The lowest BCUT2D eigenvalue weighted by Crippen LogP contribution is -2.04. The van der Waals surface area contributed by atoms with Crippen LogP contribution in [0.5, 0.6) is 5.75 Å². The van der Waals surface area contributed by atoms with Gasteiger partial charge in [0.25, 0.3) is 0 Å². The third-order valence-corrected chi connectivity index (χ3v) is 3.37. The molecule has 0 fully saturated rings. The fraction of sp³-hybridized carbons (Fsp3) is 0.125. The highest BCUT2D eigenvalue weighted by atomic mass is 19.4. The molecule has 0 saturated carbocycles. The Morgan fingerprint density at radius 1 is 1.05 bits per heavy atom. The van der Waals surface area contributed by atoms with E-state index in [0.29, 0.717) is 11.4 Å². The number of aromatic amines is 1. The average Bonchev–Trinajstić information content (AvgIpc) is 2.87. The summed E-state index contributed by atoms with van der Waals surface area (Å²) < 4.78 is 43.0. The van der Waals surface area contributed by atoms with Crippen LogP contribution in [0.4, 0.5) is 18.9 Å². The van der Waals surface area contributed by atoms with Crippen LogP contribution in [-0.4, -0.2) is 4.98 Å². The van der Waals surface area contributed by atoms with Crippen LogP contribution in [-0.2, 0) is 12.8 Å². The van der Waals surface area contributed by atoms with Crippen LogP contribution in [0.25, 0.3) is 10.9 Å². The van der Waals surface area contributed by atoms with Gasteiger partial charge in [-0.1, -0.05) is 0 Å². The van der Waals surface area contributed by atoms with Gasteiger partial charge < -0.3 is 15.5 Å². The van der Waals surface area contributed by atoms with Crippen LogP contribution >= 0.6 is 0 Å². The van der Waals surface area contributed by atoms with Crippen molar-refractivity contribution in [3.63, 3.8) is 0 Å². The summed E-state index contributed by atoms with van der Waals surface area (Å²) in [5.74, 6) is 0.381. The normalized spacial score (nSPS) is 11.8. The monoisotopic (exact) mass is 306 g/mol. The molecular weight excluding hydrogens is 293 g/mol. The van der Waals surface area contributed by atoms with Crippen LogP contribution in [0.1, 0.15) is 11.1 Å². The first kappa shape index (κ1) is 14.3. The van der Waals surface area contributed by atoms with Crippen LogP contribution in [0.3, 0.4) is 0 Å². The van der Waals surface area contributed by atoms with Gasteiger partial charge in [0.1, 0.15) is 12.4 Å². The summed E-state index contributed by atoms with van der Waals surface area (Å²) in [6, 6.07) is 10.1. The number of aromatic nitrogens is 1. The van der Waals surface area contributed by atoms with Crippen molar-refractivity contribution in [2.45, 2.75) is 12.8 Å². The Morgan fingerprint density at radius 2 is 1.77 bits per heavy atom. The van der Waals surface area contributed by atoms with Gasteiger partial charge in [0, 0.05) is 28.4 Å². The number of fused-ring (bicyclic) bond motifs is 1. The Morgan fingerprint density at radius 3 is 2.45 bits per heavy atom. The maximum Gasteiger partial charge on any atom is 0.416 e. The lowest BCUT2D eigenvalue weighted by atomic mass is 10.1. The van der Waals surface area contributed by atoms with Crippen molar-refractivity contribution in [3.8, 4) is 5.75 Å². The van der Waals surface area contributed by atoms with Crippen LogP contribution in [0, 0.1) is 0 Å². The van der Waals surface area contributed by atoms with E-state index in [1.165, 1.54) is 12.1 Å². The van der Waals surface area contributed by atoms with Crippen molar-refractivity contribution in [1.82, 2.24) is 4.98 Å². The zero-order chi connectivity index (χ0) is 15.7. The van der Waals surface area contributed by atoms with E-state index in [9.17, 15) is 13.2 Å². The lowest BCUT2D eigenvalue weighted by Gasteiger charge is -2.09. The number of benzene rings is 2. The van der Waals surface area contributed by atoms with Crippen molar-refractivity contribution < 1.29 is 17.9 Å². The molecule has 0 aliphatic rings. The number of nitrogen functional groups attached to an aromatic ring is 1. The standard InChI is InChI=1S/C16H13F3N2O/c17-16(18,19)11-1-4-13(5-2-11)22-9-10-8-21-15-6-3-12(20)7-14(10)15/h1-8,21H,9,20H2. The molecule has 0 aliphatic heterocycles. The van der Waals surface area contributed by atoms with E-state index in [-0.39, 0.29) is 6.61 Å². The molecule has 0 amide bonds. The lowest BCUT2D eigenvalue weighted by molar-refractivity contribution is -0.137. The highest BCUT2D eigenvalue weighted by Crippen LogP contribution is 2.30. The summed E-state index contributed by atoms with van der Waals surface area (Å²) >= 11 is 0. The molecule has 3 aromatic rings. The maximum absolute atomic E-state index is 12.5. The molecule has 114 valence electrons. The number of hydrogen-bond acceptors (Lipinski definition) is 2. The first-order valence-corrected chi connectivity index (χ1v) is 6.59. The minimum Gasteiger partial charge on any atom is -0.489 e. The molecule has 0 bridgehead atoms. The second-order valence-electron chi connectivity index (χ2n) is 4.93. The minimum atomic E-state index is -4.34. The van der Waals surface area contributed by atoms with Crippen LogP contribution < -0.4 is 10.5 Å². The molecule has 22 heavy (non-hydrogen) atoms. The summed E-state index contributed by atoms with van der Waals surface area (Å²) in [7, 11) is 0. The Labute approximate surface area is 124 Å². The molecule has 0 radical (unpaired) electrons. The van der Waals surface area contributed by atoms with Gasteiger partial charge >= 0.3 is 6.18 Å². The molecule has 3 nitrogen and oxygen atoms in total. The molecule has 0 atom stereocenters. The quantitative estimate of drug-likeness (QED) is 0.707. The number of ether oxygens (including phenoxy) is 1. The predicted octanol–water partition coefficient (Wildman–Crippen LogP) is 4.35. The number of halogens is 3. The number of nitrogens with two attached hydrogens (primary N) is 1. The van der Waals surface area contributed by atoms with Gasteiger partial charge in [-0.2, -0.15) is 13.2 Å². The third kappa shape index (κ3) is 2.86. The van der Waals surface area contributed by atoms with E-state index in [2.05, 4.69) is 4.98 Å². The van der Waals surface area contributed by atoms with E-state index < -0.39 is 11.7 Å². The van der Waals surface area contributed by atoms with Crippen molar-refractivity contribution in [2.75, 3.05) is 5.73 Å². The van der Waals surface area contributed by atoms with Crippen LogP contribution in [0.15, 0.2) is 48.7 Å². The molecular formula is C16H13F3N2O. The molecule has 0 spiro atoms. The highest BCUT2D eigenvalue weighted by Gasteiger charge is 2.30. The van der Waals surface area contributed by atoms with Gasteiger partial charge in [0.2, 0.25) is 0 Å². The number of rotatable bonds is 3. The zero-order valence-corrected chi connectivity index (χ0v) is 11.4. The van der Waals surface area contributed by atoms with Gasteiger partial charge in [-0.05, 0) is 42.5 Å². The average molecular weight is 306 g/mol. The predicted molar refractivity (Wildman–Crippen MR) is 78.5 cm³/mol. The topological polar surface area (TPSA) is 51.0 Å². The largest absolute Gasteiger partial charge is 0.489 e. The summed E-state index contributed by atoms with van der Waals surface area (Å²) in [6.45, 7) is 0.245. The first-order chi connectivity index (χ1) is 10.4. The van der Waals surface area contributed by atoms with Gasteiger partial charge in [-0.25, -0.2) is 0 Å². The summed E-state index contributed by atoms with van der Waals surface area (Å²) in [4.78, 5) is 3.10. The Bertz CT molecular complexity index is 791. The summed E-state index contributed by atoms with van der Waals surface area (Å²) in [5.41, 5.74) is 7.52. The third-order valence-electron chi connectivity index (χ3n) is 3.37. The highest BCUT2D eigenvalue weighted by molar-refractivity contribution is 5.85. The summed E-state index contributed by atoms with van der Waals surface area (Å²) in [6.07, 6.45) is -2.54. The molecule has 6 heteroatoms. The van der Waals surface area contributed by atoms with E-state index >= 15 is 0 Å².